The summed E-state index contributed by atoms with van der Waals surface area (Å²) < 4.78 is 46.9. The minimum absolute atomic E-state index is 0.0539. The highest BCUT2D eigenvalue weighted by atomic mass is 79.9. The predicted octanol–water partition coefficient (Wildman–Crippen LogP) is 4.52. The van der Waals surface area contributed by atoms with Crippen LogP contribution in [0, 0.1) is 17.0 Å². The fourth-order valence-electron chi connectivity index (χ4n) is 3.41. The molecule has 0 bridgehead atoms. The molecule has 1 aromatic carbocycles. The summed E-state index contributed by atoms with van der Waals surface area (Å²) in [6, 6.07) is 5.21. The number of ether oxygens (including phenoxy) is 1. The molecule has 2 heterocycles. The number of halogens is 4. The highest BCUT2D eigenvalue weighted by Crippen LogP contribution is 2.40. The maximum Gasteiger partial charge on any atom is 0.404 e. The molecule has 28 heavy (non-hydrogen) atoms. The number of aryl methyl sites for hydroxylation is 1. The summed E-state index contributed by atoms with van der Waals surface area (Å²) in [5.41, 5.74) is 0.649. The molecule has 1 saturated heterocycles. The minimum Gasteiger partial charge on any atom is -0.490 e. The molecule has 1 aliphatic rings. The quantitative estimate of drug-likeness (QED) is 0.404. The molecule has 6 nitrogen and oxygen atoms in total. The number of hydrogen-bond acceptors (Lipinski definition) is 5. The van der Waals surface area contributed by atoms with Gasteiger partial charge in [-0.15, -0.1) is 0 Å². The van der Waals surface area contributed by atoms with Crippen LogP contribution in [0.5, 0.6) is 5.75 Å². The summed E-state index contributed by atoms with van der Waals surface area (Å²) in [4.78, 5) is 14.4. The Morgan fingerprint density at radius 1 is 1.36 bits per heavy atom. The number of nitro benzene ring substituents is 1. The molecule has 1 aliphatic heterocycles. The van der Waals surface area contributed by atoms with Crippen molar-refractivity contribution in [2.24, 2.45) is 0 Å². The number of rotatable bonds is 5. The summed E-state index contributed by atoms with van der Waals surface area (Å²) in [6.45, 7) is 1.58. The van der Waals surface area contributed by atoms with Gasteiger partial charge in [-0.2, -0.15) is 13.2 Å². The molecule has 10 heteroatoms. The Labute approximate surface area is 167 Å². The summed E-state index contributed by atoms with van der Waals surface area (Å²) in [6.07, 6.45) is -2.77. The number of aromatic nitrogens is 1. The number of nitrogens with one attached hydrogen (secondary N) is 1. The third-order valence-electron chi connectivity index (χ3n) is 4.71. The number of alkyl halides is 3. The van der Waals surface area contributed by atoms with Crippen molar-refractivity contribution in [3.8, 4) is 5.75 Å². The number of hydrogen-bond donors (Lipinski definition) is 1. The summed E-state index contributed by atoms with van der Waals surface area (Å²) in [7, 11) is 0. The molecule has 0 aliphatic carbocycles. The van der Waals surface area contributed by atoms with Crippen LogP contribution >= 0.6 is 15.9 Å². The van der Waals surface area contributed by atoms with E-state index in [2.05, 4.69) is 26.2 Å². The highest BCUT2D eigenvalue weighted by molar-refractivity contribution is 9.10. The highest BCUT2D eigenvalue weighted by Gasteiger charge is 2.50. The third-order valence-corrected chi connectivity index (χ3v) is 5.17. The van der Waals surface area contributed by atoms with Gasteiger partial charge in [-0.05, 0) is 53.0 Å². The Balaban J connectivity index is 1.76. The molecule has 1 fully saturated rings. The first-order chi connectivity index (χ1) is 13.1. The lowest BCUT2D eigenvalue weighted by Gasteiger charge is -2.23. The van der Waals surface area contributed by atoms with E-state index in [1.165, 1.54) is 31.3 Å². The summed E-state index contributed by atoms with van der Waals surface area (Å²) in [5, 5.41) is 13.6. The Morgan fingerprint density at radius 2 is 2.11 bits per heavy atom. The molecule has 3 unspecified atom stereocenters. The van der Waals surface area contributed by atoms with Crippen molar-refractivity contribution in [1.29, 1.82) is 0 Å². The van der Waals surface area contributed by atoms with E-state index in [-0.39, 0.29) is 18.7 Å². The molecule has 150 valence electrons. The van der Waals surface area contributed by atoms with Gasteiger partial charge in [0, 0.05) is 23.6 Å². The van der Waals surface area contributed by atoms with Gasteiger partial charge in [0.1, 0.15) is 23.0 Å². The standard InChI is InChI=1S/C18H17BrF3N3O3/c1-10-6-11(2-4-15(10)25(26)27)14-7-12(24-17(14)18(20,21)22)9-28-13-3-5-16(19)23-8-13/h2-6,8,12,14,17,24H,7,9H2,1H3. The first kappa shape index (κ1) is 20.5. The molecule has 3 atom stereocenters. The lowest BCUT2D eigenvalue weighted by atomic mass is 9.89. The number of pyridine rings is 1. The van der Waals surface area contributed by atoms with Gasteiger partial charge in [-0.3, -0.25) is 15.4 Å². The van der Waals surface area contributed by atoms with Gasteiger partial charge < -0.3 is 4.74 Å². The predicted molar refractivity (Wildman–Crippen MR) is 99.4 cm³/mol. The van der Waals surface area contributed by atoms with Crippen LogP contribution in [0.2, 0.25) is 0 Å². The topological polar surface area (TPSA) is 77.3 Å². The fraction of sp³-hybridized carbons (Fsp3) is 0.389. The van der Waals surface area contributed by atoms with Crippen molar-refractivity contribution >= 4 is 21.6 Å². The maximum absolute atomic E-state index is 13.6. The molecule has 3 rings (SSSR count). The minimum atomic E-state index is -4.45. The van der Waals surface area contributed by atoms with Crippen LogP contribution in [-0.4, -0.2) is 34.8 Å². The zero-order valence-corrected chi connectivity index (χ0v) is 16.3. The second-order valence-electron chi connectivity index (χ2n) is 6.66. The number of nitro groups is 1. The van der Waals surface area contributed by atoms with Crippen LogP contribution in [0.1, 0.15) is 23.5 Å². The van der Waals surface area contributed by atoms with Crippen molar-refractivity contribution in [1.82, 2.24) is 10.3 Å². The molecule has 0 amide bonds. The largest absolute Gasteiger partial charge is 0.490 e. The first-order valence-corrected chi connectivity index (χ1v) is 9.26. The summed E-state index contributed by atoms with van der Waals surface area (Å²) >= 11 is 3.20. The van der Waals surface area contributed by atoms with E-state index in [9.17, 15) is 23.3 Å². The lowest BCUT2D eigenvalue weighted by molar-refractivity contribution is -0.385. The van der Waals surface area contributed by atoms with E-state index >= 15 is 0 Å². The van der Waals surface area contributed by atoms with E-state index in [0.29, 0.717) is 21.5 Å². The van der Waals surface area contributed by atoms with Crippen LogP contribution in [-0.2, 0) is 0 Å². The average Bonchev–Trinajstić information content (AvgIpc) is 3.05. The molecule has 1 aromatic heterocycles. The van der Waals surface area contributed by atoms with Gasteiger partial charge in [-0.25, -0.2) is 4.98 Å². The van der Waals surface area contributed by atoms with Gasteiger partial charge in [-0.1, -0.05) is 6.07 Å². The molecule has 0 radical (unpaired) electrons. The number of benzene rings is 1. The van der Waals surface area contributed by atoms with Crippen molar-refractivity contribution in [3.05, 3.63) is 62.4 Å². The Bertz CT molecular complexity index is 861. The zero-order valence-electron chi connectivity index (χ0n) is 14.7. The van der Waals surface area contributed by atoms with Gasteiger partial charge >= 0.3 is 6.18 Å². The Kier molecular flexibility index (Phi) is 5.90. The van der Waals surface area contributed by atoms with Crippen LogP contribution in [0.4, 0.5) is 18.9 Å². The number of nitrogens with zero attached hydrogens (tertiary/aromatic N) is 2. The molecule has 0 saturated carbocycles. The Hall–Kier alpha value is -2.20. The molecular formula is C18H17BrF3N3O3. The van der Waals surface area contributed by atoms with Crippen LogP contribution in [0.25, 0.3) is 0 Å². The van der Waals surface area contributed by atoms with Crippen LogP contribution in [0.15, 0.2) is 41.1 Å². The summed E-state index contributed by atoms with van der Waals surface area (Å²) in [5.74, 6) is -0.390. The average molecular weight is 460 g/mol. The first-order valence-electron chi connectivity index (χ1n) is 8.47. The molecule has 1 N–H and O–H groups in total. The van der Waals surface area contributed by atoms with Crippen LogP contribution < -0.4 is 10.1 Å². The lowest BCUT2D eigenvalue weighted by Crippen LogP contribution is -2.44. The van der Waals surface area contributed by atoms with Gasteiger partial charge in [0.15, 0.2) is 0 Å². The van der Waals surface area contributed by atoms with Gasteiger partial charge in [0.05, 0.1) is 11.1 Å². The van der Waals surface area contributed by atoms with E-state index in [1.807, 2.05) is 0 Å². The van der Waals surface area contributed by atoms with Crippen molar-refractivity contribution in [3.63, 3.8) is 0 Å². The van der Waals surface area contributed by atoms with Gasteiger partial charge in [0.2, 0.25) is 0 Å². The maximum atomic E-state index is 13.6. The van der Waals surface area contributed by atoms with Crippen LogP contribution in [0.3, 0.4) is 0 Å². The molecular weight excluding hydrogens is 443 g/mol. The SMILES string of the molecule is Cc1cc(C2CC(COc3ccc(Br)nc3)NC2C(F)(F)F)ccc1[N+](=O)[O-]. The Morgan fingerprint density at radius 3 is 2.68 bits per heavy atom. The molecule has 2 aromatic rings. The van der Waals surface area contributed by atoms with E-state index in [4.69, 9.17) is 4.74 Å². The van der Waals surface area contributed by atoms with E-state index in [0.717, 1.165) is 0 Å². The smallest absolute Gasteiger partial charge is 0.404 e. The second-order valence-corrected chi connectivity index (χ2v) is 7.47. The monoisotopic (exact) mass is 459 g/mol. The molecule has 0 spiro atoms. The second kappa shape index (κ2) is 8.04. The van der Waals surface area contributed by atoms with E-state index in [1.54, 1.807) is 12.1 Å². The van der Waals surface area contributed by atoms with Crippen molar-refractivity contribution in [2.75, 3.05) is 6.61 Å². The van der Waals surface area contributed by atoms with E-state index < -0.39 is 29.1 Å². The van der Waals surface area contributed by atoms with Crippen molar-refractivity contribution in [2.45, 2.75) is 37.5 Å². The third kappa shape index (κ3) is 4.61. The normalized spacial score (nSPS) is 22.2. The van der Waals surface area contributed by atoms with Gasteiger partial charge in [0.25, 0.3) is 5.69 Å². The van der Waals surface area contributed by atoms with Crippen molar-refractivity contribution < 1.29 is 22.8 Å². The zero-order chi connectivity index (χ0) is 20.5. The fourth-order valence-corrected chi connectivity index (χ4v) is 3.64.